The van der Waals surface area contributed by atoms with Crippen molar-refractivity contribution in [1.82, 2.24) is 20.3 Å². The number of carbonyl (C=O) groups excluding carboxylic acids is 1. The normalized spacial score (nSPS) is 18.7. The van der Waals surface area contributed by atoms with Gasteiger partial charge in [-0.05, 0) is 38.0 Å². The van der Waals surface area contributed by atoms with Gasteiger partial charge in [-0.3, -0.25) is 9.89 Å². The van der Waals surface area contributed by atoms with Crippen LogP contribution in [0.4, 0.5) is 0 Å². The van der Waals surface area contributed by atoms with Crippen LogP contribution in [0.25, 0.3) is 11.3 Å². The minimum Gasteiger partial charge on any atom is -0.486 e. The van der Waals surface area contributed by atoms with E-state index in [9.17, 15) is 4.79 Å². The minimum atomic E-state index is 0.00301. The van der Waals surface area contributed by atoms with Crippen LogP contribution in [0.5, 0.6) is 11.5 Å². The molecule has 2 aliphatic rings. The molecule has 8 nitrogen and oxygen atoms in total. The molecule has 1 fully saturated rings. The molecule has 1 amide bonds. The van der Waals surface area contributed by atoms with Gasteiger partial charge in [-0.25, -0.2) is 0 Å². The summed E-state index contributed by atoms with van der Waals surface area (Å²) in [5, 5.41) is 11.3. The Hall–Kier alpha value is -3.29. The molecule has 8 heteroatoms. The van der Waals surface area contributed by atoms with Crippen molar-refractivity contribution in [3.8, 4) is 22.8 Å². The lowest BCUT2D eigenvalue weighted by Gasteiger charge is -2.33. The summed E-state index contributed by atoms with van der Waals surface area (Å²) in [6.07, 6.45) is 3.67. The Morgan fingerprint density at radius 1 is 1.21 bits per heavy atom. The van der Waals surface area contributed by atoms with Crippen molar-refractivity contribution in [3.63, 3.8) is 0 Å². The molecular formula is C21H22N4O4. The summed E-state index contributed by atoms with van der Waals surface area (Å²) >= 11 is 0. The molecule has 1 atom stereocenters. The third-order valence-electron chi connectivity index (χ3n) is 5.47. The van der Waals surface area contributed by atoms with Crippen LogP contribution in [0.1, 0.15) is 40.5 Å². The number of hydrogen-bond acceptors (Lipinski definition) is 6. The van der Waals surface area contributed by atoms with Crippen molar-refractivity contribution in [2.24, 2.45) is 0 Å². The Balaban J connectivity index is 1.36. The molecule has 0 aliphatic carbocycles. The fourth-order valence-corrected chi connectivity index (χ4v) is 4.05. The van der Waals surface area contributed by atoms with E-state index in [-0.39, 0.29) is 11.8 Å². The molecule has 2 aliphatic heterocycles. The topological polar surface area (TPSA) is 93.5 Å². The maximum absolute atomic E-state index is 13.1. The van der Waals surface area contributed by atoms with Gasteiger partial charge in [-0.1, -0.05) is 5.16 Å². The highest BCUT2D eigenvalue weighted by Crippen LogP contribution is 2.35. The number of carbonyl (C=O) groups is 1. The Morgan fingerprint density at radius 2 is 2.07 bits per heavy atom. The molecule has 1 N–H and O–H groups in total. The van der Waals surface area contributed by atoms with Crippen LogP contribution in [0.2, 0.25) is 0 Å². The second-order valence-corrected chi connectivity index (χ2v) is 7.48. The number of ether oxygens (including phenoxy) is 2. The number of benzene rings is 1. The van der Waals surface area contributed by atoms with Crippen molar-refractivity contribution in [3.05, 3.63) is 47.4 Å². The van der Waals surface area contributed by atoms with E-state index in [4.69, 9.17) is 14.0 Å². The maximum atomic E-state index is 13.1. The van der Waals surface area contributed by atoms with Crippen LogP contribution in [0.3, 0.4) is 0 Å². The summed E-state index contributed by atoms with van der Waals surface area (Å²) in [5.74, 6) is 2.18. The molecule has 150 valence electrons. The van der Waals surface area contributed by atoms with E-state index in [1.807, 2.05) is 24.0 Å². The molecule has 0 saturated carbocycles. The second-order valence-electron chi connectivity index (χ2n) is 7.48. The van der Waals surface area contributed by atoms with Gasteiger partial charge in [0.25, 0.3) is 5.91 Å². The monoisotopic (exact) mass is 394 g/mol. The highest BCUT2D eigenvalue weighted by molar-refractivity contribution is 5.95. The lowest BCUT2D eigenvalue weighted by molar-refractivity contribution is 0.0705. The molecule has 1 saturated heterocycles. The van der Waals surface area contributed by atoms with E-state index in [0.29, 0.717) is 42.6 Å². The van der Waals surface area contributed by atoms with E-state index in [1.54, 1.807) is 18.3 Å². The van der Waals surface area contributed by atoms with Crippen molar-refractivity contribution < 1.29 is 18.8 Å². The number of aromatic amines is 1. The van der Waals surface area contributed by atoms with Gasteiger partial charge in [-0.15, -0.1) is 0 Å². The van der Waals surface area contributed by atoms with Gasteiger partial charge in [0, 0.05) is 30.6 Å². The summed E-state index contributed by atoms with van der Waals surface area (Å²) in [6.45, 7) is 4.27. The zero-order chi connectivity index (χ0) is 19.8. The van der Waals surface area contributed by atoms with Crippen LogP contribution in [0.15, 0.2) is 35.0 Å². The number of aryl methyl sites for hydroxylation is 1. The first-order valence-corrected chi connectivity index (χ1v) is 9.85. The second kappa shape index (κ2) is 7.27. The van der Waals surface area contributed by atoms with Gasteiger partial charge in [0.2, 0.25) is 0 Å². The van der Waals surface area contributed by atoms with E-state index in [2.05, 4.69) is 15.4 Å². The molecule has 0 spiro atoms. The zero-order valence-corrected chi connectivity index (χ0v) is 16.2. The van der Waals surface area contributed by atoms with Crippen molar-refractivity contribution >= 4 is 5.91 Å². The molecule has 1 aromatic carbocycles. The number of rotatable bonds is 3. The first-order valence-electron chi connectivity index (χ1n) is 9.85. The first-order chi connectivity index (χ1) is 14.2. The first kappa shape index (κ1) is 17.8. The van der Waals surface area contributed by atoms with Crippen LogP contribution < -0.4 is 9.47 Å². The van der Waals surface area contributed by atoms with E-state index >= 15 is 0 Å². The average molecular weight is 394 g/mol. The number of H-pyrrole nitrogens is 1. The van der Waals surface area contributed by atoms with Crippen molar-refractivity contribution in [2.45, 2.75) is 25.7 Å². The van der Waals surface area contributed by atoms with Gasteiger partial charge < -0.3 is 18.9 Å². The highest BCUT2D eigenvalue weighted by Gasteiger charge is 2.29. The van der Waals surface area contributed by atoms with Gasteiger partial charge in [-0.2, -0.15) is 5.10 Å². The number of aromatic nitrogens is 3. The molecule has 4 heterocycles. The quantitative estimate of drug-likeness (QED) is 0.733. The van der Waals surface area contributed by atoms with Gasteiger partial charge in [0.1, 0.15) is 13.2 Å². The molecule has 3 aromatic rings. The number of fused-ring (bicyclic) bond motifs is 1. The Kier molecular flexibility index (Phi) is 4.46. The standard InChI is InChI=1S/C21H22N4O4/c1-13-9-18(29-24-13)16-11-22-23-20(16)15-3-2-6-25(12-15)21(26)14-4-5-17-19(10-14)28-8-7-27-17/h4-5,9-11,15H,2-3,6-8,12H2,1H3,(H,22,23). The smallest absolute Gasteiger partial charge is 0.254 e. The largest absolute Gasteiger partial charge is 0.486 e. The lowest BCUT2D eigenvalue weighted by Crippen LogP contribution is -2.39. The number of nitrogens with one attached hydrogen (secondary N) is 1. The Morgan fingerprint density at radius 3 is 2.90 bits per heavy atom. The summed E-state index contributed by atoms with van der Waals surface area (Å²) in [4.78, 5) is 15.0. The zero-order valence-electron chi connectivity index (χ0n) is 16.2. The summed E-state index contributed by atoms with van der Waals surface area (Å²) in [7, 11) is 0. The Labute approximate surface area is 167 Å². The molecule has 29 heavy (non-hydrogen) atoms. The third-order valence-corrected chi connectivity index (χ3v) is 5.47. The SMILES string of the molecule is Cc1cc(-c2cn[nH]c2C2CCCN(C(=O)c3ccc4c(c3)OCCO4)C2)on1. The fourth-order valence-electron chi connectivity index (χ4n) is 4.05. The number of likely N-dealkylation sites (tertiary alicyclic amines) is 1. The third kappa shape index (κ3) is 3.35. The molecule has 5 rings (SSSR count). The highest BCUT2D eigenvalue weighted by atomic mass is 16.6. The maximum Gasteiger partial charge on any atom is 0.254 e. The van der Waals surface area contributed by atoms with Crippen molar-refractivity contribution in [1.29, 1.82) is 0 Å². The number of piperidine rings is 1. The van der Waals surface area contributed by atoms with E-state index in [0.717, 1.165) is 36.3 Å². The van der Waals surface area contributed by atoms with Gasteiger partial charge in [0.05, 0.1) is 23.1 Å². The summed E-state index contributed by atoms with van der Waals surface area (Å²) in [6, 6.07) is 7.29. The predicted octanol–water partition coefficient (Wildman–Crippen LogP) is 3.16. The molecule has 0 bridgehead atoms. The number of nitrogens with zero attached hydrogens (tertiary/aromatic N) is 3. The van der Waals surface area contributed by atoms with Crippen LogP contribution in [-0.4, -0.2) is 52.5 Å². The number of hydrogen-bond donors (Lipinski definition) is 1. The Bertz CT molecular complexity index is 1040. The lowest BCUT2D eigenvalue weighted by atomic mass is 9.91. The van der Waals surface area contributed by atoms with Crippen molar-refractivity contribution in [2.75, 3.05) is 26.3 Å². The van der Waals surface area contributed by atoms with E-state index in [1.165, 1.54) is 0 Å². The molecule has 0 radical (unpaired) electrons. The molecule has 2 aromatic heterocycles. The average Bonchev–Trinajstić information content (AvgIpc) is 3.42. The van der Waals surface area contributed by atoms with E-state index < -0.39 is 0 Å². The fraction of sp³-hybridized carbons (Fsp3) is 0.381. The minimum absolute atomic E-state index is 0.00301. The van der Waals surface area contributed by atoms with Gasteiger partial charge >= 0.3 is 0 Å². The molecular weight excluding hydrogens is 372 g/mol. The predicted molar refractivity (Wildman–Crippen MR) is 104 cm³/mol. The van der Waals surface area contributed by atoms with Gasteiger partial charge in [0.15, 0.2) is 17.3 Å². The molecule has 1 unspecified atom stereocenters. The number of amides is 1. The van der Waals surface area contributed by atoms with Crippen LogP contribution >= 0.6 is 0 Å². The summed E-state index contributed by atoms with van der Waals surface area (Å²) in [5.41, 5.74) is 3.34. The van der Waals surface area contributed by atoms with Crippen LogP contribution in [0, 0.1) is 6.92 Å². The summed E-state index contributed by atoms with van der Waals surface area (Å²) < 4.78 is 16.6. The van der Waals surface area contributed by atoms with Crippen LogP contribution in [-0.2, 0) is 0 Å².